The van der Waals surface area contributed by atoms with Crippen LogP contribution in [0.5, 0.6) is 5.75 Å². The molecule has 5 nitrogen and oxygen atoms in total. The van der Waals surface area contributed by atoms with Crippen molar-refractivity contribution in [1.82, 2.24) is 0 Å². The smallest absolute Gasteiger partial charge is 0.262 e. The van der Waals surface area contributed by atoms with Crippen molar-refractivity contribution in [3.63, 3.8) is 0 Å². The molecule has 0 amide bonds. The van der Waals surface area contributed by atoms with E-state index in [1.54, 1.807) is 31.2 Å². The third-order valence-corrected chi connectivity index (χ3v) is 4.53. The zero-order chi connectivity index (χ0) is 17.0. The largest absolute Gasteiger partial charge is 0.491 e. The minimum Gasteiger partial charge on any atom is -0.491 e. The SMILES string of the molecule is CCOc1ccc(S(=O)(=O)Nc2ccc(N(C)C)cc2)cc1F. The predicted molar refractivity (Wildman–Crippen MR) is 89.1 cm³/mol. The van der Waals surface area contributed by atoms with Gasteiger partial charge in [0.15, 0.2) is 11.6 Å². The average molecular weight is 338 g/mol. The van der Waals surface area contributed by atoms with E-state index in [1.807, 2.05) is 19.0 Å². The van der Waals surface area contributed by atoms with Crippen molar-refractivity contribution < 1.29 is 17.5 Å². The molecular formula is C16H19FN2O3S. The van der Waals surface area contributed by atoms with Crippen molar-refractivity contribution in [2.75, 3.05) is 30.3 Å². The second kappa shape index (κ2) is 6.87. The van der Waals surface area contributed by atoms with Crippen LogP contribution >= 0.6 is 0 Å². The summed E-state index contributed by atoms with van der Waals surface area (Å²) in [6.07, 6.45) is 0. The van der Waals surface area contributed by atoms with Crippen molar-refractivity contribution in [2.45, 2.75) is 11.8 Å². The van der Waals surface area contributed by atoms with Crippen LogP contribution in [0.25, 0.3) is 0 Å². The summed E-state index contributed by atoms with van der Waals surface area (Å²) >= 11 is 0. The summed E-state index contributed by atoms with van der Waals surface area (Å²) < 4.78 is 45.9. The van der Waals surface area contributed by atoms with Gasteiger partial charge in [-0.15, -0.1) is 0 Å². The zero-order valence-electron chi connectivity index (χ0n) is 13.2. The second-order valence-electron chi connectivity index (χ2n) is 5.07. The van der Waals surface area contributed by atoms with Crippen LogP contribution in [0, 0.1) is 5.82 Å². The first kappa shape index (κ1) is 17.1. The molecule has 2 aromatic rings. The number of nitrogens with one attached hydrogen (secondary N) is 1. The number of benzene rings is 2. The molecule has 0 unspecified atom stereocenters. The Morgan fingerprint density at radius 1 is 1.13 bits per heavy atom. The highest BCUT2D eigenvalue weighted by Gasteiger charge is 2.17. The molecule has 0 heterocycles. The summed E-state index contributed by atoms with van der Waals surface area (Å²) in [5.41, 5.74) is 1.35. The Morgan fingerprint density at radius 2 is 1.78 bits per heavy atom. The van der Waals surface area contributed by atoms with Crippen LogP contribution in [0.1, 0.15) is 6.92 Å². The Balaban J connectivity index is 2.23. The Kier molecular flexibility index (Phi) is 5.10. The summed E-state index contributed by atoms with van der Waals surface area (Å²) in [6, 6.07) is 10.4. The minimum atomic E-state index is -3.86. The van der Waals surface area contributed by atoms with E-state index in [0.29, 0.717) is 12.3 Å². The quantitative estimate of drug-likeness (QED) is 0.879. The summed E-state index contributed by atoms with van der Waals surface area (Å²) in [5.74, 6) is -0.681. The molecule has 0 saturated carbocycles. The third kappa shape index (κ3) is 4.13. The molecule has 124 valence electrons. The van der Waals surface area contributed by atoms with Gasteiger partial charge >= 0.3 is 0 Å². The normalized spacial score (nSPS) is 11.1. The van der Waals surface area contributed by atoms with Crippen LogP contribution in [-0.4, -0.2) is 29.1 Å². The lowest BCUT2D eigenvalue weighted by Crippen LogP contribution is -2.14. The number of sulfonamides is 1. The Labute approximate surface area is 135 Å². The number of ether oxygens (including phenoxy) is 1. The molecule has 0 atom stereocenters. The fourth-order valence-electron chi connectivity index (χ4n) is 1.96. The molecule has 0 bridgehead atoms. The van der Waals surface area contributed by atoms with Gasteiger partial charge in [-0.2, -0.15) is 0 Å². The number of anilines is 2. The van der Waals surface area contributed by atoms with Gasteiger partial charge < -0.3 is 9.64 Å². The van der Waals surface area contributed by atoms with Crippen LogP contribution in [0.2, 0.25) is 0 Å². The lowest BCUT2D eigenvalue weighted by atomic mass is 10.3. The number of nitrogens with zero attached hydrogens (tertiary/aromatic N) is 1. The van der Waals surface area contributed by atoms with E-state index in [1.165, 1.54) is 12.1 Å². The van der Waals surface area contributed by atoms with Gasteiger partial charge in [0.1, 0.15) is 0 Å². The van der Waals surface area contributed by atoms with E-state index in [4.69, 9.17) is 4.74 Å². The monoisotopic (exact) mass is 338 g/mol. The molecule has 23 heavy (non-hydrogen) atoms. The summed E-state index contributed by atoms with van der Waals surface area (Å²) in [4.78, 5) is 1.75. The standard InChI is InChI=1S/C16H19FN2O3S/c1-4-22-16-10-9-14(11-15(16)17)23(20,21)18-12-5-7-13(8-6-12)19(2)3/h5-11,18H,4H2,1-3H3. The number of rotatable bonds is 6. The van der Waals surface area contributed by atoms with E-state index in [2.05, 4.69) is 4.72 Å². The minimum absolute atomic E-state index is 0.0294. The van der Waals surface area contributed by atoms with Gasteiger partial charge in [-0.3, -0.25) is 4.72 Å². The topological polar surface area (TPSA) is 58.6 Å². The summed E-state index contributed by atoms with van der Waals surface area (Å²) in [7, 11) is -0.0783. The van der Waals surface area contributed by atoms with Crippen LogP contribution in [0.15, 0.2) is 47.4 Å². The van der Waals surface area contributed by atoms with E-state index in [9.17, 15) is 12.8 Å². The van der Waals surface area contributed by atoms with Crippen molar-refractivity contribution in [1.29, 1.82) is 0 Å². The van der Waals surface area contributed by atoms with Gasteiger partial charge in [0.2, 0.25) is 0 Å². The molecule has 2 aromatic carbocycles. The number of halogens is 1. The maximum absolute atomic E-state index is 13.8. The first-order valence-corrected chi connectivity index (χ1v) is 8.54. The molecule has 0 spiro atoms. The second-order valence-corrected chi connectivity index (χ2v) is 6.75. The first-order valence-electron chi connectivity index (χ1n) is 7.06. The maximum Gasteiger partial charge on any atom is 0.262 e. The van der Waals surface area contributed by atoms with Crippen LogP contribution in [-0.2, 0) is 10.0 Å². The van der Waals surface area contributed by atoms with E-state index in [0.717, 1.165) is 11.8 Å². The van der Waals surface area contributed by atoms with Gasteiger partial charge in [0.25, 0.3) is 10.0 Å². The van der Waals surface area contributed by atoms with Crippen molar-refractivity contribution >= 4 is 21.4 Å². The van der Waals surface area contributed by atoms with Gasteiger partial charge in [0, 0.05) is 25.5 Å². The van der Waals surface area contributed by atoms with Gasteiger partial charge in [-0.05, 0) is 49.4 Å². The molecule has 2 rings (SSSR count). The molecule has 0 saturated heterocycles. The molecule has 0 aliphatic heterocycles. The highest BCUT2D eigenvalue weighted by molar-refractivity contribution is 7.92. The van der Waals surface area contributed by atoms with Gasteiger partial charge in [-0.25, -0.2) is 12.8 Å². The Bertz CT molecular complexity index is 774. The summed E-state index contributed by atoms with van der Waals surface area (Å²) in [6.45, 7) is 2.03. The Hall–Kier alpha value is -2.28. The van der Waals surface area contributed by atoms with Gasteiger partial charge in [0.05, 0.1) is 11.5 Å². The van der Waals surface area contributed by atoms with E-state index >= 15 is 0 Å². The maximum atomic E-state index is 13.8. The first-order chi connectivity index (χ1) is 10.8. The molecule has 0 aromatic heterocycles. The number of hydrogen-bond acceptors (Lipinski definition) is 4. The molecule has 7 heteroatoms. The fraction of sp³-hybridized carbons (Fsp3) is 0.250. The lowest BCUT2D eigenvalue weighted by molar-refractivity contribution is 0.321. The van der Waals surface area contributed by atoms with Crippen molar-refractivity contribution in [2.24, 2.45) is 0 Å². The molecule has 0 aliphatic carbocycles. The van der Waals surface area contributed by atoms with Crippen molar-refractivity contribution in [3.8, 4) is 5.75 Å². The Morgan fingerprint density at radius 3 is 2.30 bits per heavy atom. The highest BCUT2D eigenvalue weighted by atomic mass is 32.2. The fourth-order valence-corrected chi connectivity index (χ4v) is 3.03. The molecule has 0 fully saturated rings. The lowest BCUT2D eigenvalue weighted by Gasteiger charge is -2.14. The third-order valence-electron chi connectivity index (χ3n) is 3.15. The number of hydrogen-bond donors (Lipinski definition) is 1. The van der Waals surface area contributed by atoms with E-state index < -0.39 is 15.8 Å². The molecular weight excluding hydrogens is 319 g/mol. The predicted octanol–water partition coefficient (Wildman–Crippen LogP) is 3.09. The van der Waals surface area contributed by atoms with E-state index in [-0.39, 0.29) is 10.6 Å². The van der Waals surface area contributed by atoms with Crippen LogP contribution in [0.3, 0.4) is 0 Å². The summed E-state index contributed by atoms with van der Waals surface area (Å²) in [5, 5.41) is 0. The average Bonchev–Trinajstić information content (AvgIpc) is 2.49. The zero-order valence-corrected chi connectivity index (χ0v) is 14.0. The molecule has 0 radical (unpaired) electrons. The molecule has 1 N–H and O–H groups in total. The highest BCUT2D eigenvalue weighted by Crippen LogP contribution is 2.23. The molecule has 0 aliphatic rings. The van der Waals surface area contributed by atoms with Crippen molar-refractivity contribution in [3.05, 3.63) is 48.3 Å². The van der Waals surface area contributed by atoms with Gasteiger partial charge in [-0.1, -0.05) is 0 Å². The van der Waals surface area contributed by atoms with Crippen LogP contribution in [0.4, 0.5) is 15.8 Å². The van der Waals surface area contributed by atoms with Crippen LogP contribution < -0.4 is 14.4 Å².